The van der Waals surface area contributed by atoms with Gasteiger partial charge < -0.3 is 10.2 Å². The first-order valence-electron chi connectivity index (χ1n) is 8.14. The third-order valence-corrected chi connectivity index (χ3v) is 5.01. The maximum atomic E-state index is 12.9. The molecule has 0 bridgehead atoms. The van der Waals surface area contributed by atoms with E-state index in [0.29, 0.717) is 24.5 Å². The Hall–Kier alpha value is -2.21. The Morgan fingerprint density at radius 3 is 2.79 bits per heavy atom. The minimum Gasteiger partial charge on any atom is -0.353 e. The molecule has 0 radical (unpaired) electrons. The van der Waals surface area contributed by atoms with Crippen LogP contribution in [0, 0.1) is 0 Å². The minimum atomic E-state index is -0.486. The van der Waals surface area contributed by atoms with Crippen LogP contribution in [0.5, 0.6) is 0 Å². The van der Waals surface area contributed by atoms with Gasteiger partial charge in [-0.15, -0.1) is 11.3 Å². The van der Waals surface area contributed by atoms with Crippen LogP contribution in [0.1, 0.15) is 40.8 Å². The van der Waals surface area contributed by atoms with Crippen LogP contribution in [-0.4, -0.2) is 40.8 Å². The van der Waals surface area contributed by atoms with E-state index in [9.17, 15) is 9.59 Å². The SMILES string of the molecule is CC(C)c1csc(C(=O)N2CCNC(=O)[C@H]2Cc2ccccc2)n1. The molecule has 0 unspecified atom stereocenters. The van der Waals surface area contributed by atoms with Gasteiger partial charge in [-0.25, -0.2) is 4.98 Å². The van der Waals surface area contributed by atoms with Gasteiger partial charge in [0, 0.05) is 24.9 Å². The standard InChI is InChI=1S/C18H21N3O2S/c1-12(2)14-11-24-17(20-14)18(23)21-9-8-19-16(22)15(21)10-13-6-4-3-5-7-13/h3-7,11-12,15H,8-10H2,1-2H3,(H,19,22)/t15-/m1/s1. The van der Waals surface area contributed by atoms with E-state index in [2.05, 4.69) is 24.1 Å². The molecule has 0 saturated carbocycles. The van der Waals surface area contributed by atoms with E-state index in [1.165, 1.54) is 11.3 Å². The first-order chi connectivity index (χ1) is 11.6. The maximum absolute atomic E-state index is 12.9. The van der Waals surface area contributed by atoms with Crippen molar-refractivity contribution < 1.29 is 9.59 Å². The number of aromatic nitrogens is 1. The predicted molar refractivity (Wildman–Crippen MR) is 94.2 cm³/mol. The third-order valence-electron chi connectivity index (χ3n) is 4.16. The number of carbonyl (C=O) groups excluding carboxylic acids is 2. The molecule has 24 heavy (non-hydrogen) atoms. The highest BCUT2D eigenvalue weighted by Gasteiger charge is 2.34. The number of nitrogens with one attached hydrogen (secondary N) is 1. The molecule has 1 aliphatic heterocycles. The van der Waals surface area contributed by atoms with Crippen molar-refractivity contribution in [1.82, 2.24) is 15.2 Å². The lowest BCUT2D eigenvalue weighted by atomic mass is 10.0. The Kier molecular flexibility index (Phi) is 4.94. The zero-order valence-electron chi connectivity index (χ0n) is 13.9. The number of piperazine rings is 1. The van der Waals surface area contributed by atoms with Crippen LogP contribution >= 0.6 is 11.3 Å². The molecule has 5 nitrogen and oxygen atoms in total. The average molecular weight is 343 g/mol. The van der Waals surface area contributed by atoms with Crippen molar-refractivity contribution in [3.8, 4) is 0 Å². The van der Waals surface area contributed by atoms with Crippen LogP contribution in [0.4, 0.5) is 0 Å². The fourth-order valence-electron chi connectivity index (χ4n) is 2.77. The largest absolute Gasteiger partial charge is 0.353 e. The number of nitrogens with zero attached hydrogens (tertiary/aromatic N) is 2. The Labute approximate surface area is 145 Å². The topological polar surface area (TPSA) is 62.3 Å². The molecule has 2 aromatic rings. The molecular weight excluding hydrogens is 322 g/mol. The van der Waals surface area contributed by atoms with Gasteiger partial charge in [-0.05, 0) is 11.5 Å². The summed E-state index contributed by atoms with van der Waals surface area (Å²) in [5.74, 6) is 0.0364. The lowest BCUT2D eigenvalue weighted by Gasteiger charge is -2.34. The lowest BCUT2D eigenvalue weighted by molar-refractivity contribution is -0.127. The molecule has 1 fully saturated rings. The van der Waals surface area contributed by atoms with Crippen molar-refractivity contribution in [1.29, 1.82) is 0 Å². The molecule has 3 rings (SSSR count). The highest BCUT2D eigenvalue weighted by atomic mass is 32.1. The summed E-state index contributed by atoms with van der Waals surface area (Å²) in [4.78, 5) is 31.3. The number of hydrogen-bond acceptors (Lipinski definition) is 4. The van der Waals surface area contributed by atoms with E-state index in [1.807, 2.05) is 35.7 Å². The number of thiazole rings is 1. The fraction of sp³-hybridized carbons (Fsp3) is 0.389. The van der Waals surface area contributed by atoms with Gasteiger partial charge >= 0.3 is 0 Å². The molecule has 0 spiro atoms. The fourth-order valence-corrected chi connectivity index (χ4v) is 3.70. The first kappa shape index (κ1) is 16.6. The number of hydrogen-bond donors (Lipinski definition) is 1. The van der Waals surface area contributed by atoms with Gasteiger partial charge in [0.05, 0.1) is 5.69 Å². The van der Waals surface area contributed by atoms with Gasteiger partial charge in [-0.2, -0.15) is 0 Å². The molecule has 1 aliphatic rings. The monoisotopic (exact) mass is 343 g/mol. The van der Waals surface area contributed by atoms with Crippen LogP contribution in [-0.2, 0) is 11.2 Å². The molecular formula is C18H21N3O2S. The molecule has 126 valence electrons. The van der Waals surface area contributed by atoms with Crippen molar-refractivity contribution in [2.45, 2.75) is 32.2 Å². The smallest absolute Gasteiger partial charge is 0.283 e. The summed E-state index contributed by atoms with van der Waals surface area (Å²) in [6.07, 6.45) is 0.515. The second-order valence-corrected chi connectivity index (χ2v) is 7.09. The number of carbonyl (C=O) groups is 2. The minimum absolute atomic E-state index is 0.0981. The molecule has 6 heteroatoms. The molecule has 0 aliphatic carbocycles. The van der Waals surface area contributed by atoms with Gasteiger partial charge in [0.1, 0.15) is 6.04 Å². The predicted octanol–water partition coefficient (Wildman–Crippen LogP) is 2.45. The summed E-state index contributed by atoms with van der Waals surface area (Å²) in [7, 11) is 0. The van der Waals surface area contributed by atoms with Gasteiger partial charge in [0.2, 0.25) is 5.91 Å². The van der Waals surface area contributed by atoms with Crippen molar-refractivity contribution in [2.24, 2.45) is 0 Å². The van der Waals surface area contributed by atoms with Gasteiger partial charge in [-0.3, -0.25) is 9.59 Å². The van der Waals surface area contributed by atoms with Gasteiger partial charge in [0.15, 0.2) is 5.01 Å². The van der Waals surface area contributed by atoms with E-state index in [-0.39, 0.29) is 17.7 Å². The molecule has 2 heterocycles. The molecule has 1 saturated heterocycles. The quantitative estimate of drug-likeness (QED) is 0.927. The molecule has 1 N–H and O–H groups in total. The Bertz CT molecular complexity index is 727. The Morgan fingerprint density at radius 2 is 2.12 bits per heavy atom. The number of benzene rings is 1. The Balaban J connectivity index is 1.82. The third kappa shape index (κ3) is 3.48. The molecule has 1 aromatic heterocycles. The number of amides is 2. The van der Waals surface area contributed by atoms with Crippen LogP contribution in [0.3, 0.4) is 0 Å². The number of rotatable bonds is 4. The summed E-state index contributed by atoms with van der Waals surface area (Å²) in [5.41, 5.74) is 1.96. The molecule has 1 aromatic carbocycles. The normalized spacial score (nSPS) is 17.9. The van der Waals surface area contributed by atoms with Gasteiger partial charge in [-0.1, -0.05) is 44.2 Å². The average Bonchev–Trinajstić information content (AvgIpc) is 3.07. The zero-order chi connectivity index (χ0) is 17.1. The van der Waals surface area contributed by atoms with Crippen LogP contribution in [0.25, 0.3) is 0 Å². The summed E-state index contributed by atoms with van der Waals surface area (Å²) in [5, 5.41) is 5.25. The van der Waals surface area contributed by atoms with E-state index >= 15 is 0 Å². The van der Waals surface area contributed by atoms with E-state index in [4.69, 9.17) is 0 Å². The summed E-state index contributed by atoms with van der Waals surface area (Å²) >= 11 is 1.36. The highest BCUT2D eigenvalue weighted by molar-refractivity contribution is 7.11. The second kappa shape index (κ2) is 7.13. The van der Waals surface area contributed by atoms with Crippen LogP contribution in [0.2, 0.25) is 0 Å². The zero-order valence-corrected chi connectivity index (χ0v) is 14.7. The van der Waals surface area contributed by atoms with Crippen LogP contribution in [0.15, 0.2) is 35.7 Å². The summed E-state index contributed by atoms with van der Waals surface area (Å²) in [6, 6.07) is 9.29. The van der Waals surface area contributed by atoms with Crippen LogP contribution < -0.4 is 5.32 Å². The summed E-state index contributed by atoms with van der Waals surface area (Å²) in [6.45, 7) is 5.10. The lowest BCUT2D eigenvalue weighted by Crippen LogP contribution is -2.58. The van der Waals surface area contributed by atoms with Crippen molar-refractivity contribution in [2.75, 3.05) is 13.1 Å². The summed E-state index contributed by atoms with van der Waals surface area (Å²) < 4.78 is 0. The van der Waals surface area contributed by atoms with Crippen molar-refractivity contribution >= 4 is 23.2 Å². The van der Waals surface area contributed by atoms with E-state index in [1.54, 1.807) is 4.90 Å². The maximum Gasteiger partial charge on any atom is 0.283 e. The van der Waals surface area contributed by atoms with E-state index in [0.717, 1.165) is 11.3 Å². The van der Waals surface area contributed by atoms with Crippen molar-refractivity contribution in [3.63, 3.8) is 0 Å². The van der Waals surface area contributed by atoms with Crippen molar-refractivity contribution in [3.05, 3.63) is 52.0 Å². The van der Waals surface area contributed by atoms with E-state index < -0.39 is 6.04 Å². The van der Waals surface area contributed by atoms with Gasteiger partial charge in [0.25, 0.3) is 5.91 Å². The second-order valence-electron chi connectivity index (χ2n) is 6.23. The Morgan fingerprint density at radius 1 is 1.38 bits per heavy atom. The highest BCUT2D eigenvalue weighted by Crippen LogP contribution is 2.21. The molecule has 2 amide bonds. The molecule has 1 atom stereocenters. The first-order valence-corrected chi connectivity index (χ1v) is 9.02.